The van der Waals surface area contributed by atoms with Crippen molar-refractivity contribution >= 4 is 28.8 Å². The molecule has 1 aliphatic heterocycles. The Morgan fingerprint density at radius 1 is 0.704 bits per heavy atom. The van der Waals surface area contributed by atoms with Crippen molar-refractivity contribution in [3.63, 3.8) is 0 Å². The number of carbonyl (C=O) groups excluding carboxylic acids is 2. The lowest BCUT2D eigenvalue weighted by Gasteiger charge is -2.15. The van der Waals surface area contributed by atoms with Gasteiger partial charge in [-0.2, -0.15) is 0 Å². The number of hydrogen-bond acceptors (Lipinski definition) is 3. The van der Waals surface area contributed by atoms with Crippen LogP contribution in [0.4, 0.5) is 15.8 Å². The number of hydrogen-bond donors (Lipinski definition) is 1. The molecule has 4 rings (SSSR count). The first-order valence-corrected chi connectivity index (χ1v) is 8.41. The summed E-state index contributed by atoms with van der Waals surface area (Å²) >= 11 is 0. The number of nitrogens with zero attached hydrogens (tertiary/aromatic N) is 1. The lowest BCUT2D eigenvalue weighted by Crippen LogP contribution is -2.32. The van der Waals surface area contributed by atoms with Gasteiger partial charge in [-0.3, -0.25) is 9.59 Å². The van der Waals surface area contributed by atoms with Crippen LogP contribution in [0.5, 0.6) is 0 Å². The van der Waals surface area contributed by atoms with Crippen LogP contribution in [0.3, 0.4) is 0 Å². The molecule has 0 unspecified atom stereocenters. The van der Waals surface area contributed by atoms with Gasteiger partial charge in [0.1, 0.15) is 11.5 Å². The lowest BCUT2D eigenvalue weighted by atomic mass is 10.0. The van der Waals surface area contributed by atoms with Crippen LogP contribution in [0.25, 0.3) is 5.57 Å². The van der Waals surface area contributed by atoms with Gasteiger partial charge in [0.05, 0.1) is 11.3 Å². The molecule has 3 aromatic rings. The van der Waals surface area contributed by atoms with Crippen molar-refractivity contribution in [3.05, 3.63) is 102 Å². The Hall–Kier alpha value is -3.73. The van der Waals surface area contributed by atoms with Crippen molar-refractivity contribution in [2.45, 2.75) is 0 Å². The second kappa shape index (κ2) is 6.88. The SMILES string of the molecule is O=C1C(Nc2ccccc2)=C(c2ccc(F)cc2)C(=O)N1c1ccccc1. The molecular formula is C22H15FN2O2. The van der Waals surface area contributed by atoms with Gasteiger partial charge < -0.3 is 5.32 Å². The van der Waals surface area contributed by atoms with Crippen LogP contribution in [-0.4, -0.2) is 11.8 Å². The van der Waals surface area contributed by atoms with Crippen LogP contribution in [0.2, 0.25) is 0 Å². The van der Waals surface area contributed by atoms with E-state index in [-0.39, 0.29) is 11.3 Å². The molecule has 27 heavy (non-hydrogen) atoms. The molecule has 0 radical (unpaired) electrons. The third kappa shape index (κ3) is 3.11. The van der Waals surface area contributed by atoms with Gasteiger partial charge >= 0.3 is 0 Å². The number of halogens is 1. The standard InChI is InChI=1S/C22H15FN2O2/c23-16-13-11-15(12-14-16)19-20(24-17-7-3-1-4-8-17)22(27)25(21(19)26)18-9-5-2-6-10-18/h1-14,24H. The first-order chi connectivity index (χ1) is 13.1. The third-order valence-corrected chi connectivity index (χ3v) is 4.27. The Balaban J connectivity index is 1.83. The summed E-state index contributed by atoms with van der Waals surface area (Å²) in [6, 6.07) is 23.4. The zero-order valence-corrected chi connectivity index (χ0v) is 14.2. The highest BCUT2D eigenvalue weighted by Gasteiger charge is 2.40. The number of anilines is 2. The van der Waals surface area contributed by atoms with E-state index in [0.717, 1.165) is 4.90 Å². The average Bonchev–Trinajstić information content (AvgIpc) is 2.94. The highest BCUT2D eigenvalue weighted by molar-refractivity contribution is 6.46. The number of nitrogens with one attached hydrogen (secondary N) is 1. The summed E-state index contributed by atoms with van der Waals surface area (Å²) in [5.74, 6) is -1.31. The predicted octanol–water partition coefficient (Wildman–Crippen LogP) is 4.22. The molecular weight excluding hydrogens is 343 g/mol. The smallest absolute Gasteiger partial charge is 0.282 e. The third-order valence-electron chi connectivity index (χ3n) is 4.27. The van der Waals surface area contributed by atoms with Crippen LogP contribution < -0.4 is 10.2 Å². The molecule has 0 bridgehead atoms. The summed E-state index contributed by atoms with van der Waals surface area (Å²) in [7, 11) is 0. The second-order valence-corrected chi connectivity index (χ2v) is 6.03. The molecule has 132 valence electrons. The van der Waals surface area contributed by atoms with Crippen molar-refractivity contribution in [1.82, 2.24) is 0 Å². The molecule has 5 heteroatoms. The van der Waals surface area contributed by atoms with Crippen LogP contribution >= 0.6 is 0 Å². The Bertz CT molecular complexity index is 1030. The minimum atomic E-state index is -0.450. The Morgan fingerprint density at radius 2 is 1.30 bits per heavy atom. The van der Waals surface area contributed by atoms with Gasteiger partial charge in [0.25, 0.3) is 11.8 Å². The molecule has 3 aromatic carbocycles. The van der Waals surface area contributed by atoms with E-state index < -0.39 is 17.6 Å². The first-order valence-electron chi connectivity index (χ1n) is 8.41. The largest absolute Gasteiger partial charge is 0.350 e. The maximum absolute atomic E-state index is 13.3. The van der Waals surface area contributed by atoms with Crippen LogP contribution in [0.1, 0.15) is 5.56 Å². The molecule has 0 fully saturated rings. The van der Waals surface area contributed by atoms with E-state index in [1.165, 1.54) is 24.3 Å². The zero-order valence-electron chi connectivity index (χ0n) is 14.2. The summed E-state index contributed by atoms with van der Waals surface area (Å²) < 4.78 is 13.3. The fourth-order valence-corrected chi connectivity index (χ4v) is 3.01. The van der Waals surface area contributed by atoms with Gasteiger partial charge in [-0.25, -0.2) is 9.29 Å². The van der Waals surface area contributed by atoms with E-state index in [1.807, 2.05) is 24.3 Å². The van der Waals surface area contributed by atoms with Gasteiger partial charge in [-0.1, -0.05) is 48.5 Å². The molecule has 4 nitrogen and oxygen atoms in total. The maximum atomic E-state index is 13.3. The van der Waals surface area contributed by atoms with E-state index in [9.17, 15) is 14.0 Å². The summed E-state index contributed by atoms with van der Waals surface area (Å²) in [5, 5.41) is 3.06. The summed E-state index contributed by atoms with van der Waals surface area (Å²) in [5.41, 5.74) is 2.03. The van der Waals surface area contributed by atoms with Crippen molar-refractivity contribution < 1.29 is 14.0 Å². The minimum absolute atomic E-state index is 0.168. The molecule has 0 atom stereocenters. The van der Waals surface area contributed by atoms with Gasteiger partial charge in [-0.05, 0) is 42.0 Å². The van der Waals surface area contributed by atoms with E-state index in [4.69, 9.17) is 0 Å². The Kier molecular flexibility index (Phi) is 4.26. The zero-order chi connectivity index (χ0) is 18.8. The van der Waals surface area contributed by atoms with E-state index in [2.05, 4.69) is 5.32 Å². The van der Waals surface area contributed by atoms with Crippen molar-refractivity contribution in [1.29, 1.82) is 0 Å². The fraction of sp³-hybridized carbons (Fsp3) is 0. The lowest BCUT2D eigenvalue weighted by molar-refractivity contribution is -0.120. The average molecular weight is 358 g/mol. The number of rotatable bonds is 4. The maximum Gasteiger partial charge on any atom is 0.282 e. The first kappa shape index (κ1) is 16.7. The fourth-order valence-electron chi connectivity index (χ4n) is 3.01. The van der Waals surface area contributed by atoms with Crippen LogP contribution in [0.15, 0.2) is 90.6 Å². The molecule has 1 heterocycles. The molecule has 1 aliphatic rings. The quantitative estimate of drug-likeness (QED) is 0.711. The summed E-state index contributed by atoms with van der Waals surface area (Å²) in [4.78, 5) is 27.3. The Labute approximate surface area is 155 Å². The van der Waals surface area contributed by atoms with Gasteiger partial charge in [0, 0.05) is 5.69 Å². The molecule has 2 amide bonds. The highest BCUT2D eigenvalue weighted by Crippen LogP contribution is 2.33. The predicted molar refractivity (Wildman–Crippen MR) is 102 cm³/mol. The molecule has 0 aliphatic carbocycles. The minimum Gasteiger partial charge on any atom is -0.350 e. The van der Waals surface area contributed by atoms with Crippen LogP contribution in [0, 0.1) is 5.82 Å². The number of para-hydroxylation sites is 2. The highest BCUT2D eigenvalue weighted by atomic mass is 19.1. The summed E-state index contributed by atoms with van der Waals surface area (Å²) in [6.45, 7) is 0. The normalized spacial score (nSPS) is 14.0. The van der Waals surface area contributed by atoms with E-state index in [0.29, 0.717) is 16.9 Å². The molecule has 0 saturated heterocycles. The van der Waals surface area contributed by atoms with E-state index >= 15 is 0 Å². The number of benzene rings is 3. The Morgan fingerprint density at radius 3 is 1.93 bits per heavy atom. The van der Waals surface area contributed by atoms with Crippen molar-refractivity contribution in [2.24, 2.45) is 0 Å². The van der Waals surface area contributed by atoms with Crippen molar-refractivity contribution in [3.8, 4) is 0 Å². The van der Waals surface area contributed by atoms with Crippen LogP contribution in [-0.2, 0) is 9.59 Å². The molecule has 0 aromatic heterocycles. The number of imide groups is 1. The van der Waals surface area contributed by atoms with Gasteiger partial charge in [-0.15, -0.1) is 0 Å². The van der Waals surface area contributed by atoms with Gasteiger partial charge in [0.2, 0.25) is 0 Å². The monoisotopic (exact) mass is 358 g/mol. The molecule has 1 N–H and O–H groups in total. The second-order valence-electron chi connectivity index (χ2n) is 6.03. The summed E-state index contributed by atoms with van der Waals surface area (Å²) in [6.07, 6.45) is 0. The van der Waals surface area contributed by atoms with E-state index in [1.54, 1.807) is 36.4 Å². The molecule has 0 spiro atoms. The van der Waals surface area contributed by atoms with Gasteiger partial charge in [0.15, 0.2) is 0 Å². The topological polar surface area (TPSA) is 49.4 Å². The number of carbonyl (C=O) groups is 2. The molecule has 0 saturated carbocycles. The van der Waals surface area contributed by atoms with Crippen molar-refractivity contribution in [2.75, 3.05) is 10.2 Å². The number of amides is 2.